The Labute approximate surface area is 213 Å². The van der Waals surface area contributed by atoms with Crippen molar-refractivity contribution in [2.45, 2.75) is 10.9 Å². The summed E-state index contributed by atoms with van der Waals surface area (Å²) in [5, 5.41) is 12.9. The van der Waals surface area contributed by atoms with Crippen LogP contribution in [0.3, 0.4) is 0 Å². The number of para-hydroxylation sites is 1. The van der Waals surface area contributed by atoms with Gasteiger partial charge in [-0.2, -0.15) is 8.42 Å². The Hall–Kier alpha value is -3.45. The molecule has 0 saturated carbocycles. The predicted octanol–water partition coefficient (Wildman–Crippen LogP) is 4.42. The molecule has 0 spiro atoms. The highest BCUT2D eigenvalue weighted by Crippen LogP contribution is 2.26. The van der Waals surface area contributed by atoms with Crippen LogP contribution in [0.2, 0.25) is 10.0 Å². The van der Waals surface area contributed by atoms with Crippen molar-refractivity contribution in [2.75, 3.05) is 10.0 Å². The van der Waals surface area contributed by atoms with Crippen LogP contribution < -0.4 is 15.4 Å². The van der Waals surface area contributed by atoms with Gasteiger partial charge < -0.3 is 9.73 Å². The number of halogens is 2. The molecule has 0 aliphatic rings. The minimum absolute atomic E-state index is 0.0400. The van der Waals surface area contributed by atoms with Gasteiger partial charge in [-0.1, -0.05) is 46.7 Å². The Kier molecular flexibility index (Phi) is 7.36. The first-order chi connectivity index (χ1) is 16.7. The number of rotatable bonds is 8. The van der Waals surface area contributed by atoms with Crippen molar-refractivity contribution in [1.29, 1.82) is 0 Å². The third-order valence-electron chi connectivity index (χ3n) is 4.45. The molecule has 0 aliphatic heterocycles. The van der Waals surface area contributed by atoms with Gasteiger partial charge in [0.05, 0.1) is 34.6 Å². The zero-order valence-corrected chi connectivity index (χ0v) is 20.6. The van der Waals surface area contributed by atoms with E-state index >= 15 is 0 Å². The molecule has 10 nitrogen and oxygen atoms in total. The molecule has 0 atom stereocenters. The number of furan rings is 1. The molecule has 0 aliphatic carbocycles. The first-order valence-corrected chi connectivity index (χ1v) is 12.8. The number of carbonyl (C=O) groups excluding carboxylic acids is 2. The van der Waals surface area contributed by atoms with Crippen molar-refractivity contribution in [3.8, 4) is 0 Å². The minimum Gasteiger partial charge on any atom is -0.467 e. The van der Waals surface area contributed by atoms with Crippen LogP contribution in [0.5, 0.6) is 0 Å². The van der Waals surface area contributed by atoms with Crippen molar-refractivity contribution in [3.63, 3.8) is 0 Å². The summed E-state index contributed by atoms with van der Waals surface area (Å²) in [5.41, 5.74) is 0.263. The monoisotopic (exact) mass is 551 g/mol. The fourth-order valence-electron chi connectivity index (χ4n) is 2.84. The summed E-state index contributed by atoms with van der Waals surface area (Å²) in [4.78, 5) is 25.1. The van der Waals surface area contributed by atoms with E-state index in [1.807, 2.05) is 0 Å². The lowest BCUT2D eigenvalue weighted by Gasteiger charge is -2.11. The number of benzene rings is 2. The summed E-state index contributed by atoms with van der Waals surface area (Å²) in [6.07, 6.45) is 1.48. The highest BCUT2D eigenvalue weighted by atomic mass is 35.5. The highest BCUT2D eigenvalue weighted by molar-refractivity contribution is 7.94. The van der Waals surface area contributed by atoms with Crippen LogP contribution in [0.4, 0.5) is 10.8 Å². The van der Waals surface area contributed by atoms with E-state index in [2.05, 4.69) is 25.6 Å². The normalized spacial score (nSPS) is 11.1. The molecule has 2 amide bonds. The molecule has 2 aromatic carbocycles. The van der Waals surface area contributed by atoms with E-state index in [9.17, 15) is 18.0 Å². The first kappa shape index (κ1) is 24.7. The number of amides is 2. The molecule has 0 unspecified atom stereocenters. The Morgan fingerprint density at radius 1 is 0.971 bits per heavy atom. The maximum atomic E-state index is 12.9. The molecule has 14 heteroatoms. The molecule has 0 fully saturated rings. The standard InChI is InChI=1S/C21H15Cl2N5O5S2/c22-12-7-8-14(16(23)10-12)19(30)25-20-26-27-21(34-20)35(31,32)28-17-6-2-1-5-15(17)18(29)24-11-13-4-3-9-33-13/h1-10,28H,11H2,(H,24,29)(H,25,26,30). The SMILES string of the molecule is O=C(Nc1nnc(S(=O)(=O)Nc2ccccc2C(=O)NCc2ccco2)s1)c1ccc(Cl)cc1Cl. The molecular weight excluding hydrogens is 537 g/mol. The number of hydrogen-bond acceptors (Lipinski definition) is 8. The molecule has 4 aromatic rings. The van der Waals surface area contributed by atoms with Gasteiger partial charge in [0.1, 0.15) is 5.76 Å². The Balaban J connectivity index is 1.47. The van der Waals surface area contributed by atoms with Crippen LogP contribution in [0.15, 0.2) is 69.6 Å². The lowest BCUT2D eigenvalue weighted by Crippen LogP contribution is -2.24. The van der Waals surface area contributed by atoms with Gasteiger partial charge >= 0.3 is 0 Å². The zero-order chi connectivity index (χ0) is 25.0. The van der Waals surface area contributed by atoms with E-state index in [1.54, 1.807) is 24.3 Å². The Bertz CT molecular complexity index is 1490. The van der Waals surface area contributed by atoms with Gasteiger partial charge in [-0.05, 0) is 42.5 Å². The summed E-state index contributed by atoms with van der Waals surface area (Å²) < 4.78 is 32.9. The second-order valence-electron chi connectivity index (χ2n) is 6.86. The van der Waals surface area contributed by atoms with Crippen molar-refractivity contribution < 1.29 is 22.4 Å². The molecule has 2 aromatic heterocycles. The van der Waals surface area contributed by atoms with E-state index in [0.29, 0.717) is 22.1 Å². The fourth-order valence-corrected chi connectivity index (χ4v) is 5.31. The van der Waals surface area contributed by atoms with Gasteiger partial charge in [0.15, 0.2) is 0 Å². The second kappa shape index (κ2) is 10.4. The van der Waals surface area contributed by atoms with E-state index in [0.717, 1.165) is 0 Å². The van der Waals surface area contributed by atoms with Gasteiger partial charge in [-0.3, -0.25) is 19.6 Å². The highest BCUT2D eigenvalue weighted by Gasteiger charge is 2.24. The average Bonchev–Trinajstić information content (AvgIpc) is 3.50. The molecule has 3 N–H and O–H groups in total. The lowest BCUT2D eigenvalue weighted by atomic mass is 10.1. The van der Waals surface area contributed by atoms with Crippen molar-refractivity contribution >= 4 is 67.2 Å². The molecule has 2 heterocycles. The number of nitrogens with zero attached hydrogens (tertiary/aromatic N) is 2. The Morgan fingerprint density at radius 2 is 1.77 bits per heavy atom. The zero-order valence-electron chi connectivity index (χ0n) is 17.5. The van der Waals surface area contributed by atoms with Gasteiger partial charge in [0.25, 0.3) is 26.2 Å². The van der Waals surface area contributed by atoms with Crippen molar-refractivity contribution in [2.24, 2.45) is 0 Å². The van der Waals surface area contributed by atoms with Crippen LogP contribution in [0.1, 0.15) is 26.5 Å². The maximum Gasteiger partial charge on any atom is 0.291 e. The number of carbonyl (C=O) groups is 2. The van der Waals surface area contributed by atoms with Crippen LogP contribution in [-0.4, -0.2) is 30.4 Å². The van der Waals surface area contributed by atoms with E-state index < -0.39 is 26.2 Å². The fraction of sp³-hybridized carbons (Fsp3) is 0.0476. The summed E-state index contributed by atoms with van der Waals surface area (Å²) >= 11 is 12.5. The topological polar surface area (TPSA) is 143 Å². The summed E-state index contributed by atoms with van der Waals surface area (Å²) in [5.74, 6) is -0.581. The van der Waals surface area contributed by atoms with Gasteiger partial charge in [0, 0.05) is 5.02 Å². The van der Waals surface area contributed by atoms with E-state index in [1.165, 1.54) is 36.6 Å². The predicted molar refractivity (Wildman–Crippen MR) is 131 cm³/mol. The first-order valence-electron chi connectivity index (χ1n) is 9.75. The van der Waals surface area contributed by atoms with Gasteiger partial charge in [-0.15, -0.1) is 10.2 Å². The molecule has 180 valence electrons. The molecular formula is C21H15Cl2N5O5S2. The third-order valence-corrected chi connectivity index (χ3v) is 7.57. The molecule has 4 rings (SSSR count). The third kappa shape index (κ3) is 5.98. The molecule has 0 saturated heterocycles. The minimum atomic E-state index is -4.22. The molecule has 35 heavy (non-hydrogen) atoms. The molecule has 0 bridgehead atoms. The van der Waals surface area contributed by atoms with Gasteiger partial charge in [-0.25, -0.2) is 0 Å². The maximum absolute atomic E-state index is 12.9. The summed E-state index contributed by atoms with van der Waals surface area (Å²) in [6, 6.07) is 13.8. The largest absolute Gasteiger partial charge is 0.467 e. The van der Waals surface area contributed by atoms with Crippen molar-refractivity contribution in [3.05, 3.63) is 87.8 Å². The lowest BCUT2D eigenvalue weighted by molar-refractivity contribution is 0.0948. The van der Waals surface area contributed by atoms with Crippen LogP contribution in [0.25, 0.3) is 0 Å². The van der Waals surface area contributed by atoms with E-state index in [-0.39, 0.29) is 33.5 Å². The van der Waals surface area contributed by atoms with Crippen LogP contribution in [0, 0.1) is 0 Å². The quantitative estimate of drug-likeness (QED) is 0.275. The number of aromatic nitrogens is 2. The second-order valence-corrected chi connectivity index (χ2v) is 10.5. The van der Waals surface area contributed by atoms with Gasteiger partial charge in [0.2, 0.25) is 5.13 Å². The number of anilines is 2. The van der Waals surface area contributed by atoms with Crippen molar-refractivity contribution in [1.82, 2.24) is 15.5 Å². The van der Waals surface area contributed by atoms with E-state index in [4.69, 9.17) is 27.6 Å². The smallest absolute Gasteiger partial charge is 0.291 e. The number of nitrogens with one attached hydrogen (secondary N) is 3. The van der Waals surface area contributed by atoms with Crippen LogP contribution >= 0.6 is 34.5 Å². The summed E-state index contributed by atoms with van der Waals surface area (Å²) in [7, 11) is -4.22. The number of hydrogen-bond donors (Lipinski definition) is 3. The average molecular weight is 552 g/mol. The van der Waals surface area contributed by atoms with Crippen LogP contribution in [-0.2, 0) is 16.6 Å². The Morgan fingerprint density at radius 3 is 2.51 bits per heavy atom. The summed E-state index contributed by atoms with van der Waals surface area (Å²) in [6.45, 7) is 0.129. The molecule has 0 radical (unpaired) electrons. The number of sulfonamides is 1.